The lowest BCUT2D eigenvalue weighted by molar-refractivity contribution is -0.107. The molecule has 0 saturated heterocycles. The van der Waals surface area contributed by atoms with Gasteiger partial charge in [-0.25, -0.2) is 9.97 Å². The standard InChI is InChI=1S/C15H13N3O3/c19-4-3-10-7-16-14-2-1-12(6-13(10)14)21-15-5-11(8-20)17-9-18-15/h1-2,4-7,9,16,20H,3,8H2. The molecule has 6 nitrogen and oxygen atoms in total. The second-order valence-corrected chi connectivity index (χ2v) is 4.50. The zero-order valence-corrected chi connectivity index (χ0v) is 11.1. The van der Waals surface area contributed by atoms with E-state index in [2.05, 4.69) is 15.0 Å². The first-order valence-corrected chi connectivity index (χ1v) is 6.43. The Morgan fingerprint density at radius 1 is 1.29 bits per heavy atom. The van der Waals surface area contributed by atoms with E-state index in [-0.39, 0.29) is 6.61 Å². The van der Waals surface area contributed by atoms with E-state index in [0.717, 1.165) is 22.8 Å². The number of hydrogen-bond acceptors (Lipinski definition) is 5. The van der Waals surface area contributed by atoms with Crippen molar-refractivity contribution in [2.75, 3.05) is 0 Å². The maximum absolute atomic E-state index is 10.7. The fraction of sp³-hybridized carbons (Fsp3) is 0.133. The number of fused-ring (bicyclic) bond motifs is 1. The molecule has 21 heavy (non-hydrogen) atoms. The van der Waals surface area contributed by atoms with E-state index in [1.165, 1.54) is 6.33 Å². The van der Waals surface area contributed by atoms with Gasteiger partial charge in [-0.15, -0.1) is 0 Å². The van der Waals surface area contributed by atoms with Gasteiger partial charge in [0.2, 0.25) is 5.88 Å². The van der Waals surface area contributed by atoms with Gasteiger partial charge in [0.15, 0.2) is 0 Å². The highest BCUT2D eigenvalue weighted by molar-refractivity contribution is 5.86. The third-order valence-corrected chi connectivity index (χ3v) is 3.13. The van der Waals surface area contributed by atoms with Crippen molar-refractivity contribution in [1.82, 2.24) is 15.0 Å². The van der Waals surface area contributed by atoms with Crippen LogP contribution in [0.4, 0.5) is 0 Å². The summed E-state index contributed by atoms with van der Waals surface area (Å²) >= 11 is 0. The van der Waals surface area contributed by atoms with Gasteiger partial charge in [-0.3, -0.25) is 0 Å². The van der Waals surface area contributed by atoms with Crippen LogP contribution in [0.3, 0.4) is 0 Å². The normalized spacial score (nSPS) is 10.7. The highest BCUT2D eigenvalue weighted by Gasteiger charge is 2.06. The number of H-pyrrole nitrogens is 1. The van der Waals surface area contributed by atoms with E-state index in [1.807, 2.05) is 24.4 Å². The Balaban J connectivity index is 1.92. The molecular formula is C15H13N3O3. The lowest BCUT2D eigenvalue weighted by Gasteiger charge is -2.05. The highest BCUT2D eigenvalue weighted by Crippen LogP contribution is 2.26. The molecule has 2 N–H and O–H groups in total. The number of aromatic nitrogens is 3. The SMILES string of the molecule is O=CCc1c[nH]c2ccc(Oc3cc(CO)ncn3)cc12. The molecule has 0 aliphatic heterocycles. The van der Waals surface area contributed by atoms with Crippen LogP contribution in [0, 0.1) is 0 Å². The number of aliphatic hydroxyl groups excluding tert-OH is 1. The molecule has 106 valence electrons. The van der Waals surface area contributed by atoms with Gasteiger partial charge in [-0.2, -0.15) is 0 Å². The fourth-order valence-corrected chi connectivity index (χ4v) is 2.12. The summed E-state index contributed by atoms with van der Waals surface area (Å²) in [4.78, 5) is 21.7. The summed E-state index contributed by atoms with van der Waals surface area (Å²) in [5.41, 5.74) is 2.35. The third kappa shape index (κ3) is 2.75. The summed E-state index contributed by atoms with van der Waals surface area (Å²) in [6, 6.07) is 7.12. The maximum Gasteiger partial charge on any atom is 0.222 e. The summed E-state index contributed by atoms with van der Waals surface area (Å²) in [5, 5.41) is 9.99. The second-order valence-electron chi connectivity index (χ2n) is 4.50. The maximum atomic E-state index is 10.7. The van der Waals surface area contributed by atoms with Crippen LogP contribution in [-0.2, 0) is 17.8 Å². The second kappa shape index (κ2) is 5.72. The van der Waals surface area contributed by atoms with Crippen molar-refractivity contribution in [1.29, 1.82) is 0 Å². The van der Waals surface area contributed by atoms with Crippen molar-refractivity contribution in [3.8, 4) is 11.6 Å². The molecule has 6 heteroatoms. The topological polar surface area (TPSA) is 88.1 Å². The van der Waals surface area contributed by atoms with Gasteiger partial charge in [0.05, 0.1) is 12.3 Å². The predicted octanol–water partition coefficient (Wildman–Crippen LogP) is 1.98. The van der Waals surface area contributed by atoms with Crippen LogP contribution < -0.4 is 4.74 Å². The van der Waals surface area contributed by atoms with E-state index < -0.39 is 0 Å². The smallest absolute Gasteiger partial charge is 0.222 e. The first-order valence-electron chi connectivity index (χ1n) is 6.43. The number of nitrogens with one attached hydrogen (secondary N) is 1. The van der Waals surface area contributed by atoms with Gasteiger partial charge >= 0.3 is 0 Å². The first kappa shape index (κ1) is 13.3. The minimum atomic E-state index is -0.167. The van der Waals surface area contributed by atoms with Gasteiger partial charge in [-0.1, -0.05) is 0 Å². The number of aliphatic hydroxyl groups is 1. The summed E-state index contributed by atoms with van der Waals surface area (Å²) in [6.07, 6.45) is 4.38. The molecule has 0 unspecified atom stereocenters. The highest BCUT2D eigenvalue weighted by atomic mass is 16.5. The van der Waals surface area contributed by atoms with Crippen molar-refractivity contribution in [2.24, 2.45) is 0 Å². The molecule has 0 radical (unpaired) electrons. The van der Waals surface area contributed by atoms with Gasteiger partial charge in [0.25, 0.3) is 0 Å². The molecule has 0 bridgehead atoms. The Morgan fingerprint density at radius 2 is 2.19 bits per heavy atom. The number of carbonyl (C=O) groups excluding carboxylic acids is 1. The number of rotatable bonds is 5. The van der Waals surface area contributed by atoms with Gasteiger partial charge in [0, 0.05) is 29.6 Å². The monoisotopic (exact) mass is 283 g/mol. The summed E-state index contributed by atoms with van der Waals surface area (Å²) in [5.74, 6) is 0.970. The van der Waals surface area contributed by atoms with Gasteiger partial charge in [-0.05, 0) is 23.8 Å². The molecule has 2 aromatic heterocycles. The number of benzene rings is 1. The number of ether oxygens (including phenoxy) is 1. The van der Waals surface area contributed by atoms with Crippen molar-refractivity contribution in [2.45, 2.75) is 13.0 Å². The molecule has 3 rings (SSSR count). The van der Waals surface area contributed by atoms with Gasteiger partial charge < -0.3 is 19.6 Å². The Kier molecular flexibility index (Phi) is 3.61. The van der Waals surface area contributed by atoms with Crippen molar-refractivity contribution >= 4 is 17.2 Å². The zero-order chi connectivity index (χ0) is 14.7. The molecule has 0 aliphatic carbocycles. The number of hydrogen-bond donors (Lipinski definition) is 2. The number of nitrogens with zero attached hydrogens (tertiary/aromatic N) is 2. The number of carbonyl (C=O) groups is 1. The quantitative estimate of drug-likeness (QED) is 0.699. The average molecular weight is 283 g/mol. The van der Waals surface area contributed by atoms with Crippen molar-refractivity contribution in [3.05, 3.63) is 48.0 Å². The van der Waals surface area contributed by atoms with Crippen LogP contribution in [0.5, 0.6) is 11.6 Å². The molecule has 1 aromatic carbocycles. The lowest BCUT2D eigenvalue weighted by Crippen LogP contribution is -1.94. The van der Waals surface area contributed by atoms with Crippen LogP contribution in [0.2, 0.25) is 0 Å². The molecular weight excluding hydrogens is 270 g/mol. The Bertz CT molecular complexity index is 783. The summed E-state index contributed by atoms with van der Waals surface area (Å²) < 4.78 is 5.67. The van der Waals surface area contributed by atoms with E-state index in [4.69, 9.17) is 9.84 Å². The number of aldehydes is 1. The lowest BCUT2D eigenvalue weighted by atomic mass is 10.1. The van der Waals surface area contributed by atoms with Crippen molar-refractivity contribution < 1.29 is 14.6 Å². The predicted molar refractivity (Wildman–Crippen MR) is 76.1 cm³/mol. The van der Waals surface area contributed by atoms with Crippen LogP contribution in [0.15, 0.2) is 36.8 Å². The molecule has 0 atom stereocenters. The molecule has 0 fully saturated rings. The molecule has 0 amide bonds. The zero-order valence-electron chi connectivity index (χ0n) is 11.1. The Morgan fingerprint density at radius 3 is 3.00 bits per heavy atom. The van der Waals surface area contributed by atoms with E-state index in [0.29, 0.717) is 23.7 Å². The van der Waals surface area contributed by atoms with E-state index in [1.54, 1.807) is 6.07 Å². The molecule has 3 aromatic rings. The minimum Gasteiger partial charge on any atom is -0.439 e. The van der Waals surface area contributed by atoms with E-state index in [9.17, 15) is 4.79 Å². The molecule has 0 saturated carbocycles. The van der Waals surface area contributed by atoms with Crippen LogP contribution in [0.1, 0.15) is 11.3 Å². The third-order valence-electron chi connectivity index (χ3n) is 3.13. The van der Waals surface area contributed by atoms with Crippen LogP contribution in [0.25, 0.3) is 10.9 Å². The first-order chi connectivity index (χ1) is 10.3. The Hall–Kier alpha value is -2.73. The number of aromatic amines is 1. The summed E-state index contributed by atoms with van der Waals surface area (Å²) in [6.45, 7) is -0.167. The van der Waals surface area contributed by atoms with E-state index >= 15 is 0 Å². The van der Waals surface area contributed by atoms with Crippen LogP contribution >= 0.6 is 0 Å². The Labute approximate surface area is 120 Å². The van der Waals surface area contributed by atoms with Crippen molar-refractivity contribution in [3.63, 3.8) is 0 Å². The minimum absolute atomic E-state index is 0.167. The fourth-order valence-electron chi connectivity index (χ4n) is 2.12. The van der Waals surface area contributed by atoms with Gasteiger partial charge in [0.1, 0.15) is 18.4 Å². The molecule has 0 aliphatic rings. The molecule has 2 heterocycles. The van der Waals surface area contributed by atoms with Crippen LogP contribution in [-0.4, -0.2) is 26.3 Å². The average Bonchev–Trinajstić information content (AvgIpc) is 2.91. The molecule has 0 spiro atoms. The largest absolute Gasteiger partial charge is 0.439 e. The summed E-state index contributed by atoms with van der Waals surface area (Å²) in [7, 11) is 0.